The van der Waals surface area contributed by atoms with Gasteiger partial charge in [-0.15, -0.1) is 0 Å². The molecule has 0 aromatic heterocycles. The second-order valence-electron chi connectivity index (χ2n) is 8.77. The van der Waals surface area contributed by atoms with Gasteiger partial charge < -0.3 is 20.1 Å². The van der Waals surface area contributed by atoms with E-state index in [4.69, 9.17) is 4.74 Å². The summed E-state index contributed by atoms with van der Waals surface area (Å²) in [5, 5.41) is 12.2. The highest BCUT2D eigenvalue weighted by molar-refractivity contribution is 7.99. The number of rotatable bonds is 6. The van der Waals surface area contributed by atoms with Gasteiger partial charge in [-0.1, -0.05) is 48.5 Å². The van der Waals surface area contributed by atoms with Crippen LogP contribution >= 0.6 is 11.8 Å². The van der Waals surface area contributed by atoms with Crippen LogP contribution in [0.5, 0.6) is 0 Å². The molecule has 3 atom stereocenters. The summed E-state index contributed by atoms with van der Waals surface area (Å²) in [4.78, 5) is 38.1. The van der Waals surface area contributed by atoms with Gasteiger partial charge in [-0.05, 0) is 34.6 Å². The second-order valence-corrected chi connectivity index (χ2v) is 9.92. The number of aliphatic carboxylic acids is 1. The fourth-order valence-corrected chi connectivity index (χ4v) is 5.96. The molecule has 2 aliphatic carbocycles. The van der Waals surface area contributed by atoms with E-state index in [0.717, 1.165) is 16.9 Å². The molecule has 0 radical (unpaired) electrons. The number of benzene rings is 2. The number of alkyl carbamates (subject to hydrolysis) is 1. The summed E-state index contributed by atoms with van der Waals surface area (Å²) in [6, 6.07) is 15.6. The van der Waals surface area contributed by atoms with Gasteiger partial charge in [-0.3, -0.25) is 4.79 Å². The Labute approximate surface area is 196 Å². The first-order valence-electron chi connectivity index (χ1n) is 11.2. The summed E-state index contributed by atoms with van der Waals surface area (Å²) in [5.41, 5.74) is 4.67. The summed E-state index contributed by atoms with van der Waals surface area (Å²) in [7, 11) is 0. The van der Waals surface area contributed by atoms with Crippen LogP contribution < -0.4 is 5.32 Å². The van der Waals surface area contributed by atoms with Crippen LogP contribution in [-0.4, -0.2) is 65.2 Å². The van der Waals surface area contributed by atoms with Crippen LogP contribution in [0, 0.1) is 11.8 Å². The average Bonchev–Trinajstić information content (AvgIpc) is 3.55. The zero-order valence-electron chi connectivity index (χ0n) is 18.1. The third-order valence-electron chi connectivity index (χ3n) is 6.79. The highest BCUT2D eigenvalue weighted by atomic mass is 32.2. The Kier molecular flexibility index (Phi) is 6.01. The Morgan fingerprint density at radius 2 is 1.73 bits per heavy atom. The van der Waals surface area contributed by atoms with Crippen LogP contribution in [0.2, 0.25) is 0 Å². The summed E-state index contributed by atoms with van der Waals surface area (Å²) in [6.45, 7) is 1.07. The maximum Gasteiger partial charge on any atom is 0.407 e. The van der Waals surface area contributed by atoms with Crippen LogP contribution in [-0.2, 0) is 14.3 Å². The molecule has 3 aliphatic rings. The van der Waals surface area contributed by atoms with Gasteiger partial charge in [0, 0.05) is 36.4 Å². The molecule has 1 saturated heterocycles. The van der Waals surface area contributed by atoms with Crippen molar-refractivity contribution in [1.82, 2.24) is 10.2 Å². The van der Waals surface area contributed by atoms with Crippen molar-refractivity contribution in [3.05, 3.63) is 59.7 Å². The molecule has 3 unspecified atom stereocenters. The van der Waals surface area contributed by atoms with E-state index in [0.29, 0.717) is 25.3 Å². The van der Waals surface area contributed by atoms with E-state index in [1.54, 1.807) is 11.8 Å². The van der Waals surface area contributed by atoms with Gasteiger partial charge in [0.1, 0.15) is 12.6 Å². The van der Waals surface area contributed by atoms with Crippen LogP contribution in [0.25, 0.3) is 11.1 Å². The summed E-state index contributed by atoms with van der Waals surface area (Å²) in [5.74, 6) is -0.0674. The lowest BCUT2D eigenvalue weighted by molar-refractivity contribution is -0.149. The van der Waals surface area contributed by atoms with E-state index >= 15 is 0 Å². The van der Waals surface area contributed by atoms with E-state index in [2.05, 4.69) is 29.6 Å². The smallest absolute Gasteiger partial charge is 0.407 e. The minimum atomic E-state index is -0.954. The molecule has 2 N–H and O–H groups in total. The standard InChI is InChI=1S/C25H26N2O5S/c28-23(27-9-10-33-14-22(27)24(29)30)20-11-15(20)12-26-25(31)32-13-21-18-7-3-1-5-16(18)17-6-2-4-8-19(17)21/h1-8,15,20-22H,9-14H2,(H,26,31)(H,29,30). The largest absolute Gasteiger partial charge is 0.480 e. The molecule has 1 saturated carbocycles. The van der Waals surface area contributed by atoms with Gasteiger partial charge >= 0.3 is 12.1 Å². The van der Waals surface area contributed by atoms with Gasteiger partial charge in [0.2, 0.25) is 5.91 Å². The number of thioether (sulfide) groups is 1. The Morgan fingerprint density at radius 3 is 2.39 bits per heavy atom. The lowest BCUT2D eigenvalue weighted by Gasteiger charge is -2.32. The molecular weight excluding hydrogens is 440 g/mol. The van der Waals surface area contributed by atoms with Crippen molar-refractivity contribution in [3.8, 4) is 11.1 Å². The van der Waals surface area contributed by atoms with Crippen molar-refractivity contribution < 1.29 is 24.2 Å². The Bertz CT molecular complexity index is 1040. The van der Waals surface area contributed by atoms with Crippen molar-refractivity contribution in [1.29, 1.82) is 0 Å². The molecule has 0 bridgehead atoms. The molecule has 8 heteroatoms. The first kappa shape index (κ1) is 21.8. The molecule has 7 nitrogen and oxygen atoms in total. The normalized spacial score (nSPS) is 23.4. The van der Waals surface area contributed by atoms with Crippen LogP contribution in [0.15, 0.2) is 48.5 Å². The summed E-state index contributed by atoms with van der Waals surface area (Å²) < 4.78 is 5.55. The maximum atomic E-state index is 12.8. The lowest BCUT2D eigenvalue weighted by atomic mass is 9.98. The summed E-state index contributed by atoms with van der Waals surface area (Å²) >= 11 is 1.56. The quantitative estimate of drug-likeness (QED) is 0.679. The zero-order chi connectivity index (χ0) is 22.9. The number of nitrogens with zero attached hydrogens (tertiary/aromatic N) is 1. The number of carbonyl (C=O) groups is 3. The van der Waals surface area contributed by atoms with Crippen molar-refractivity contribution >= 4 is 29.7 Å². The van der Waals surface area contributed by atoms with E-state index in [9.17, 15) is 19.5 Å². The number of hydrogen-bond acceptors (Lipinski definition) is 5. The van der Waals surface area contributed by atoms with Gasteiger partial charge in [-0.2, -0.15) is 11.8 Å². The third-order valence-corrected chi connectivity index (χ3v) is 7.81. The predicted molar refractivity (Wildman–Crippen MR) is 125 cm³/mol. The zero-order valence-corrected chi connectivity index (χ0v) is 18.9. The molecule has 33 heavy (non-hydrogen) atoms. The van der Waals surface area contributed by atoms with Gasteiger partial charge in [0.05, 0.1) is 0 Å². The fourth-order valence-electron chi connectivity index (χ4n) is 4.92. The highest BCUT2D eigenvalue weighted by Gasteiger charge is 2.47. The Morgan fingerprint density at radius 1 is 1.06 bits per heavy atom. The number of fused-ring (bicyclic) bond motifs is 3. The van der Waals surface area contributed by atoms with E-state index in [1.165, 1.54) is 16.0 Å². The van der Waals surface area contributed by atoms with Gasteiger partial charge in [0.25, 0.3) is 0 Å². The monoisotopic (exact) mass is 466 g/mol. The predicted octanol–water partition coefficient (Wildman–Crippen LogP) is 3.19. The summed E-state index contributed by atoms with van der Waals surface area (Å²) in [6.07, 6.45) is 0.172. The maximum absolute atomic E-state index is 12.8. The molecule has 5 rings (SSSR count). The molecule has 2 aromatic rings. The molecule has 1 heterocycles. The molecule has 0 spiro atoms. The van der Waals surface area contributed by atoms with Gasteiger partial charge in [0.15, 0.2) is 0 Å². The van der Waals surface area contributed by atoms with Crippen molar-refractivity contribution in [2.45, 2.75) is 18.4 Å². The third kappa shape index (κ3) is 4.31. The van der Waals surface area contributed by atoms with Crippen LogP contribution in [0.3, 0.4) is 0 Å². The number of carboxylic acid groups (broad SMARTS) is 1. The topological polar surface area (TPSA) is 95.9 Å². The molecular formula is C25H26N2O5S. The number of ether oxygens (including phenoxy) is 1. The Hall–Kier alpha value is -3.00. The van der Waals surface area contributed by atoms with Crippen LogP contribution in [0.4, 0.5) is 4.79 Å². The Balaban J connectivity index is 1.12. The average molecular weight is 467 g/mol. The number of amides is 2. The van der Waals surface area contributed by atoms with E-state index in [-0.39, 0.29) is 30.3 Å². The number of carbonyl (C=O) groups excluding carboxylic acids is 2. The first-order chi connectivity index (χ1) is 16.0. The minimum absolute atomic E-state index is 0.00308. The molecule has 2 amide bonds. The SMILES string of the molecule is O=C(NCC1CC1C(=O)N1CCSCC1C(=O)O)OCC1c2ccccc2-c2ccccc21. The number of carboxylic acids is 1. The van der Waals surface area contributed by atoms with Gasteiger partial charge in [-0.25, -0.2) is 9.59 Å². The molecule has 2 fully saturated rings. The van der Waals surface area contributed by atoms with Crippen LogP contribution in [0.1, 0.15) is 23.5 Å². The second kappa shape index (κ2) is 9.09. The first-order valence-corrected chi connectivity index (χ1v) is 12.4. The fraction of sp³-hybridized carbons (Fsp3) is 0.400. The molecule has 2 aromatic carbocycles. The highest BCUT2D eigenvalue weighted by Crippen LogP contribution is 2.44. The molecule has 1 aliphatic heterocycles. The molecule has 172 valence electrons. The van der Waals surface area contributed by atoms with E-state index in [1.807, 2.05) is 24.3 Å². The lowest BCUT2D eigenvalue weighted by Crippen LogP contribution is -2.51. The van der Waals surface area contributed by atoms with Crippen molar-refractivity contribution in [3.63, 3.8) is 0 Å². The minimum Gasteiger partial charge on any atom is -0.480 e. The van der Waals surface area contributed by atoms with Crippen molar-refractivity contribution in [2.75, 3.05) is 31.2 Å². The number of nitrogens with one attached hydrogen (secondary N) is 1. The number of hydrogen-bond donors (Lipinski definition) is 2. The van der Waals surface area contributed by atoms with Crippen molar-refractivity contribution in [2.24, 2.45) is 11.8 Å². The van der Waals surface area contributed by atoms with E-state index < -0.39 is 18.1 Å².